The molecule has 2 fully saturated rings. The first-order valence-corrected chi connectivity index (χ1v) is 10.5. The Balaban J connectivity index is 1.78. The molecule has 2 aliphatic rings. The first-order valence-electron chi connectivity index (χ1n) is 9.08. The number of hydrogen-bond acceptors (Lipinski definition) is 5. The van der Waals surface area contributed by atoms with Crippen molar-refractivity contribution in [2.24, 2.45) is 11.7 Å². The van der Waals surface area contributed by atoms with Crippen LogP contribution in [0.3, 0.4) is 0 Å². The van der Waals surface area contributed by atoms with Crippen LogP contribution in [-0.4, -0.2) is 56.5 Å². The minimum atomic E-state index is -3.67. The number of carbonyl (C=O) groups is 1. The van der Waals surface area contributed by atoms with Gasteiger partial charge in [0, 0.05) is 31.2 Å². The largest absolute Gasteiger partial charge is 0.373 e. The van der Waals surface area contributed by atoms with E-state index in [1.807, 2.05) is 13.8 Å². The molecule has 1 amide bonds. The summed E-state index contributed by atoms with van der Waals surface area (Å²) in [5.41, 5.74) is 6.07. The molecule has 0 radical (unpaired) electrons. The second-order valence-electron chi connectivity index (χ2n) is 7.26. The van der Waals surface area contributed by atoms with Gasteiger partial charge in [-0.1, -0.05) is 6.07 Å². The summed E-state index contributed by atoms with van der Waals surface area (Å²) in [4.78, 5) is 12.6. The second kappa shape index (κ2) is 7.64. The molecule has 144 valence electrons. The topological polar surface area (TPSA) is 102 Å². The molecule has 1 saturated carbocycles. The Bertz CT molecular complexity index is 753. The van der Waals surface area contributed by atoms with Gasteiger partial charge in [-0.2, -0.15) is 4.31 Å². The zero-order valence-corrected chi connectivity index (χ0v) is 16.0. The van der Waals surface area contributed by atoms with Crippen molar-refractivity contribution < 1.29 is 17.9 Å². The van der Waals surface area contributed by atoms with Gasteiger partial charge in [0.1, 0.15) is 0 Å². The van der Waals surface area contributed by atoms with Gasteiger partial charge in [-0.3, -0.25) is 4.79 Å². The molecule has 3 atom stereocenters. The van der Waals surface area contributed by atoms with Gasteiger partial charge in [0.05, 0.1) is 17.1 Å². The molecule has 1 aliphatic heterocycles. The van der Waals surface area contributed by atoms with Crippen LogP contribution in [0.4, 0.5) is 0 Å². The van der Waals surface area contributed by atoms with Crippen molar-refractivity contribution in [2.75, 3.05) is 19.6 Å². The highest BCUT2D eigenvalue weighted by Crippen LogP contribution is 2.32. The van der Waals surface area contributed by atoms with Crippen LogP contribution in [0, 0.1) is 5.92 Å². The molecule has 7 nitrogen and oxygen atoms in total. The molecule has 26 heavy (non-hydrogen) atoms. The summed E-state index contributed by atoms with van der Waals surface area (Å²) < 4.78 is 33.0. The van der Waals surface area contributed by atoms with E-state index in [2.05, 4.69) is 5.32 Å². The van der Waals surface area contributed by atoms with E-state index < -0.39 is 10.0 Å². The van der Waals surface area contributed by atoms with Crippen LogP contribution in [0.15, 0.2) is 29.2 Å². The van der Waals surface area contributed by atoms with Crippen LogP contribution in [0.25, 0.3) is 0 Å². The Kier molecular flexibility index (Phi) is 5.67. The van der Waals surface area contributed by atoms with E-state index in [0.717, 1.165) is 12.8 Å². The maximum Gasteiger partial charge on any atom is 0.251 e. The SMILES string of the molecule is CC1CN(S(=O)(=O)c2cccc(C(=O)NC(CN)C3CC3)c2)CC(C)O1. The van der Waals surface area contributed by atoms with Crippen molar-refractivity contribution in [3.63, 3.8) is 0 Å². The molecule has 3 unspecified atom stereocenters. The van der Waals surface area contributed by atoms with Crippen LogP contribution in [0.5, 0.6) is 0 Å². The maximum absolute atomic E-state index is 13.0. The number of morpholine rings is 1. The quantitative estimate of drug-likeness (QED) is 0.764. The van der Waals surface area contributed by atoms with Crippen LogP contribution in [0.2, 0.25) is 0 Å². The fourth-order valence-corrected chi connectivity index (χ4v) is 5.03. The summed E-state index contributed by atoms with van der Waals surface area (Å²) >= 11 is 0. The Hall–Kier alpha value is -1.48. The summed E-state index contributed by atoms with van der Waals surface area (Å²) in [5.74, 6) is 0.153. The van der Waals surface area contributed by atoms with E-state index in [4.69, 9.17) is 10.5 Å². The van der Waals surface area contributed by atoms with Crippen molar-refractivity contribution in [1.29, 1.82) is 0 Å². The number of rotatable bonds is 6. The third kappa shape index (κ3) is 4.25. The average molecular weight is 381 g/mol. The summed E-state index contributed by atoms with van der Waals surface area (Å²) in [7, 11) is -3.67. The fourth-order valence-electron chi connectivity index (χ4n) is 3.39. The standard InChI is InChI=1S/C18H27N3O4S/c1-12-10-21(11-13(2)25-12)26(23,24)16-5-3-4-15(8-16)18(22)20-17(9-19)14-6-7-14/h3-5,8,12-14,17H,6-7,9-11,19H2,1-2H3,(H,20,22). The number of nitrogens with zero attached hydrogens (tertiary/aromatic N) is 1. The third-order valence-electron chi connectivity index (χ3n) is 4.88. The molecule has 1 saturated heterocycles. The first kappa shape index (κ1) is 19.3. The first-order chi connectivity index (χ1) is 12.3. The van der Waals surface area contributed by atoms with Gasteiger partial charge in [-0.05, 0) is 50.8 Å². The zero-order chi connectivity index (χ0) is 18.9. The molecule has 0 bridgehead atoms. The van der Waals surface area contributed by atoms with Gasteiger partial charge in [-0.25, -0.2) is 8.42 Å². The molecule has 3 rings (SSSR count). The number of sulfonamides is 1. The predicted octanol–water partition coefficient (Wildman–Crippen LogP) is 0.952. The summed E-state index contributed by atoms with van der Waals surface area (Å²) in [6, 6.07) is 6.14. The van der Waals surface area contributed by atoms with Gasteiger partial charge in [0.25, 0.3) is 5.91 Å². The molecule has 3 N–H and O–H groups in total. The summed E-state index contributed by atoms with van der Waals surface area (Å²) in [5, 5.41) is 2.92. The highest BCUT2D eigenvalue weighted by atomic mass is 32.2. The van der Waals surface area contributed by atoms with Crippen LogP contribution in [-0.2, 0) is 14.8 Å². The molecule has 0 spiro atoms. The fraction of sp³-hybridized carbons (Fsp3) is 0.611. The van der Waals surface area contributed by atoms with Gasteiger partial charge >= 0.3 is 0 Å². The van der Waals surface area contributed by atoms with Crippen LogP contribution in [0.1, 0.15) is 37.0 Å². The average Bonchev–Trinajstić information content (AvgIpc) is 3.43. The Labute approximate surface area is 154 Å². The minimum Gasteiger partial charge on any atom is -0.373 e. The molecule has 1 aromatic rings. The lowest BCUT2D eigenvalue weighted by Gasteiger charge is -2.34. The van der Waals surface area contributed by atoms with Gasteiger partial charge < -0.3 is 15.8 Å². The van der Waals surface area contributed by atoms with Crippen LogP contribution >= 0.6 is 0 Å². The predicted molar refractivity (Wildman–Crippen MR) is 98.2 cm³/mol. The van der Waals surface area contributed by atoms with E-state index in [1.54, 1.807) is 12.1 Å². The van der Waals surface area contributed by atoms with Crippen molar-refractivity contribution in [1.82, 2.24) is 9.62 Å². The normalized spacial score (nSPS) is 25.7. The lowest BCUT2D eigenvalue weighted by Crippen LogP contribution is -2.48. The smallest absolute Gasteiger partial charge is 0.251 e. The maximum atomic E-state index is 13.0. The third-order valence-corrected chi connectivity index (χ3v) is 6.71. The van der Waals surface area contributed by atoms with Gasteiger partial charge in [0.15, 0.2) is 0 Å². The monoisotopic (exact) mass is 381 g/mol. The number of hydrogen-bond donors (Lipinski definition) is 2. The number of benzene rings is 1. The van der Waals surface area contributed by atoms with E-state index in [0.29, 0.717) is 31.1 Å². The van der Waals surface area contributed by atoms with Crippen molar-refractivity contribution in [3.05, 3.63) is 29.8 Å². The highest BCUT2D eigenvalue weighted by Gasteiger charge is 2.33. The Morgan fingerprint density at radius 1 is 1.31 bits per heavy atom. The molecule has 1 aromatic carbocycles. The lowest BCUT2D eigenvalue weighted by molar-refractivity contribution is -0.0440. The Morgan fingerprint density at radius 3 is 2.54 bits per heavy atom. The molecular formula is C18H27N3O4S. The summed E-state index contributed by atoms with van der Waals surface area (Å²) in [6.07, 6.45) is 1.82. The number of ether oxygens (including phenoxy) is 1. The lowest BCUT2D eigenvalue weighted by atomic mass is 10.1. The number of nitrogens with two attached hydrogens (primary N) is 1. The van der Waals surface area contributed by atoms with Crippen molar-refractivity contribution in [3.8, 4) is 0 Å². The molecule has 1 heterocycles. The van der Waals surface area contributed by atoms with Crippen LogP contribution < -0.4 is 11.1 Å². The molecule has 0 aromatic heterocycles. The number of nitrogens with one attached hydrogen (secondary N) is 1. The van der Waals surface area contributed by atoms with E-state index in [1.165, 1.54) is 16.4 Å². The van der Waals surface area contributed by atoms with Gasteiger partial charge in [0.2, 0.25) is 10.0 Å². The zero-order valence-electron chi connectivity index (χ0n) is 15.2. The highest BCUT2D eigenvalue weighted by molar-refractivity contribution is 7.89. The molecule has 8 heteroatoms. The Morgan fingerprint density at radius 2 is 1.96 bits per heavy atom. The molecular weight excluding hydrogens is 354 g/mol. The number of carbonyl (C=O) groups excluding carboxylic acids is 1. The van der Waals surface area contributed by atoms with Crippen molar-refractivity contribution in [2.45, 2.75) is 49.8 Å². The second-order valence-corrected chi connectivity index (χ2v) is 9.20. The van der Waals surface area contributed by atoms with Crippen molar-refractivity contribution >= 4 is 15.9 Å². The minimum absolute atomic E-state index is 0.0521. The van der Waals surface area contributed by atoms with E-state index in [-0.39, 0.29) is 29.1 Å². The van der Waals surface area contributed by atoms with Gasteiger partial charge in [-0.15, -0.1) is 0 Å². The molecule has 1 aliphatic carbocycles. The summed E-state index contributed by atoms with van der Waals surface area (Å²) in [6.45, 7) is 4.71. The number of amides is 1. The van der Waals surface area contributed by atoms with E-state index >= 15 is 0 Å². The van der Waals surface area contributed by atoms with E-state index in [9.17, 15) is 13.2 Å².